The lowest BCUT2D eigenvalue weighted by Crippen LogP contribution is -2.36. The van der Waals surface area contributed by atoms with Gasteiger partial charge in [-0.25, -0.2) is 18.4 Å². The molecule has 1 amide bonds. The van der Waals surface area contributed by atoms with Crippen molar-refractivity contribution in [2.24, 2.45) is 5.14 Å². The van der Waals surface area contributed by atoms with Crippen LogP contribution in [-0.4, -0.2) is 58.2 Å². The van der Waals surface area contributed by atoms with Crippen molar-refractivity contribution in [3.63, 3.8) is 0 Å². The van der Waals surface area contributed by atoms with Crippen LogP contribution in [0.5, 0.6) is 0 Å². The predicted octanol–water partition coefficient (Wildman–Crippen LogP) is 2.04. The lowest BCUT2D eigenvalue weighted by atomic mass is 9.88. The molecule has 1 aliphatic heterocycles. The number of amides is 1. The van der Waals surface area contributed by atoms with E-state index in [1.165, 1.54) is 11.0 Å². The summed E-state index contributed by atoms with van der Waals surface area (Å²) in [4.78, 5) is 12.4. The Morgan fingerprint density at radius 1 is 1.13 bits per heavy atom. The maximum absolute atomic E-state index is 12.1. The summed E-state index contributed by atoms with van der Waals surface area (Å²) >= 11 is 0. The van der Waals surface area contributed by atoms with Gasteiger partial charge in [-0.1, -0.05) is 36.4 Å². The van der Waals surface area contributed by atoms with E-state index in [1.54, 1.807) is 12.1 Å². The normalized spacial score (nSPS) is 15.3. The van der Waals surface area contributed by atoms with Crippen molar-refractivity contribution in [2.75, 3.05) is 13.1 Å². The number of tetrazole rings is 1. The summed E-state index contributed by atoms with van der Waals surface area (Å²) in [5, 5.41) is 28.3. The first-order valence-electron chi connectivity index (χ1n) is 9.32. The molecule has 1 aliphatic rings. The van der Waals surface area contributed by atoms with Crippen LogP contribution < -0.4 is 5.14 Å². The van der Waals surface area contributed by atoms with Crippen LogP contribution in [0.25, 0.3) is 22.5 Å². The van der Waals surface area contributed by atoms with Crippen LogP contribution in [0.1, 0.15) is 24.3 Å². The van der Waals surface area contributed by atoms with Gasteiger partial charge >= 0.3 is 6.09 Å². The minimum Gasteiger partial charge on any atom is -0.465 e. The van der Waals surface area contributed by atoms with Gasteiger partial charge in [-0.3, -0.25) is 0 Å². The molecule has 0 radical (unpaired) electrons. The summed E-state index contributed by atoms with van der Waals surface area (Å²) in [6.45, 7) is 1.03. The molecule has 0 atom stereocenters. The van der Waals surface area contributed by atoms with Crippen molar-refractivity contribution >= 4 is 16.1 Å². The zero-order valence-corrected chi connectivity index (χ0v) is 16.7. The van der Waals surface area contributed by atoms with Crippen LogP contribution in [0.4, 0.5) is 4.79 Å². The molecule has 4 N–H and O–H groups in total. The van der Waals surface area contributed by atoms with E-state index in [2.05, 4.69) is 20.6 Å². The molecule has 2 aromatic carbocycles. The van der Waals surface area contributed by atoms with Crippen molar-refractivity contribution < 1.29 is 18.3 Å². The van der Waals surface area contributed by atoms with Crippen LogP contribution in [0.3, 0.4) is 0 Å². The fraction of sp³-hybridized carbons (Fsp3) is 0.263. The molecule has 2 heterocycles. The van der Waals surface area contributed by atoms with Crippen molar-refractivity contribution in [3.8, 4) is 22.5 Å². The molecule has 156 valence electrons. The summed E-state index contributed by atoms with van der Waals surface area (Å²) in [6, 6.07) is 12.6. The third-order valence-corrected chi connectivity index (χ3v) is 6.31. The highest BCUT2D eigenvalue weighted by atomic mass is 32.2. The molecule has 3 aromatic rings. The van der Waals surface area contributed by atoms with Gasteiger partial charge in [-0.15, -0.1) is 10.2 Å². The quantitative estimate of drug-likeness (QED) is 0.574. The van der Waals surface area contributed by atoms with Gasteiger partial charge in [0.1, 0.15) is 0 Å². The van der Waals surface area contributed by atoms with Crippen LogP contribution in [0, 0.1) is 0 Å². The highest BCUT2D eigenvalue weighted by Crippen LogP contribution is 2.36. The molecule has 0 bridgehead atoms. The van der Waals surface area contributed by atoms with Gasteiger partial charge < -0.3 is 10.0 Å². The zero-order valence-electron chi connectivity index (χ0n) is 15.9. The van der Waals surface area contributed by atoms with E-state index in [1.807, 2.05) is 24.3 Å². The average molecular weight is 428 g/mol. The number of likely N-dealkylation sites (tertiary alicyclic amines) is 1. The lowest BCUT2D eigenvalue weighted by molar-refractivity contribution is 0.132. The highest BCUT2D eigenvalue weighted by Gasteiger charge is 2.25. The van der Waals surface area contributed by atoms with Crippen LogP contribution >= 0.6 is 0 Å². The molecule has 4 rings (SSSR count). The van der Waals surface area contributed by atoms with E-state index in [4.69, 9.17) is 10.2 Å². The second kappa shape index (κ2) is 7.84. The molecule has 0 saturated carbocycles. The number of hydrogen-bond donors (Lipinski definition) is 3. The number of nitrogens with one attached hydrogen (secondary N) is 1. The first-order chi connectivity index (χ1) is 14.3. The van der Waals surface area contributed by atoms with E-state index in [9.17, 15) is 13.2 Å². The molecule has 1 fully saturated rings. The van der Waals surface area contributed by atoms with E-state index >= 15 is 0 Å². The Morgan fingerprint density at radius 2 is 1.83 bits per heavy atom. The smallest absolute Gasteiger partial charge is 0.407 e. The number of piperidine rings is 1. The molecule has 1 aromatic heterocycles. The van der Waals surface area contributed by atoms with Crippen LogP contribution in [-0.2, 0) is 10.0 Å². The summed E-state index contributed by atoms with van der Waals surface area (Å²) in [5.41, 5.74) is 2.81. The van der Waals surface area contributed by atoms with Gasteiger partial charge in [0.25, 0.3) is 0 Å². The van der Waals surface area contributed by atoms with Crippen LogP contribution in [0.2, 0.25) is 0 Å². The van der Waals surface area contributed by atoms with Crippen molar-refractivity contribution in [3.05, 3.63) is 48.0 Å². The van der Waals surface area contributed by atoms with E-state index in [-0.39, 0.29) is 22.2 Å². The van der Waals surface area contributed by atoms with E-state index in [0.717, 1.165) is 24.0 Å². The number of carboxylic acid groups (broad SMARTS) is 1. The lowest BCUT2D eigenvalue weighted by Gasteiger charge is -2.30. The highest BCUT2D eigenvalue weighted by molar-refractivity contribution is 7.89. The number of nitrogens with two attached hydrogens (primary N) is 1. The fourth-order valence-electron chi connectivity index (χ4n) is 3.85. The first kappa shape index (κ1) is 20.0. The zero-order chi connectivity index (χ0) is 21.3. The Hall–Kier alpha value is -3.31. The van der Waals surface area contributed by atoms with Gasteiger partial charge in [-0.05, 0) is 46.7 Å². The topological polar surface area (TPSA) is 155 Å². The number of aromatic nitrogens is 4. The summed E-state index contributed by atoms with van der Waals surface area (Å²) in [7, 11) is -4.00. The van der Waals surface area contributed by atoms with E-state index in [0.29, 0.717) is 18.7 Å². The first-order valence-corrected chi connectivity index (χ1v) is 10.9. The molecule has 0 spiro atoms. The Balaban J connectivity index is 1.68. The minimum atomic E-state index is -4.00. The monoisotopic (exact) mass is 428 g/mol. The number of sulfonamides is 1. The molecule has 0 unspecified atom stereocenters. The standard InChI is InChI=1S/C19H20N6O4S/c20-30(28,29)16-3-1-2-15(17(16)18-21-23-24-22-18)14-6-4-12(5-7-14)13-8-10-25(11-9-13)19(26)27/h1-7,13H,8-11H2,(H,26,27)(H2,20,28,29)(H,21,22,23,24). The molecular formula is C19H20N6O4S. The maximum atomic E-state index is 12.1. The number of benzene rings is 2. The predicted molar refractivity (Wildman–Crippen MR) is 108 cm³/mol. The maximum Gasteiger partial charge on any atom is 0.407 e. The molecule has 30 heavy (non-hydrogen) atoms. The fourth-order valence-corrected chi connectivity index (χ4v) is 4.60. The summed E-state index contributed by atoms with van der Waals surface area (Å²) < 4.78 is 24.2. The average Bonchev–Trinajstić information content (AvgIpc) is 3.27. The Labute approximate surface area is 172 Å². The number of primary sulfonamides is 1. The van der Waals surface area contributed by atoms with Gasteiger partial charge in [0, 0.05) is 13.1 Å². The molecular weight excluding hydrogens is 408 g/mol. The van der Waals surface area contributed by atoms with E-state index < -0.39 is 16.1 Å². The van der Waals surface area contributed by atoms with Gasteiger partial charge in [0.05, 0.1) is 10.5 Å². The Bertz CT molecular complexity index is 1150. The number of carbonyl (C=O) groups is 1. The molecule has 1 saturated heterocycles. The van der Waals surface area contributed by atoms with Crippen molar-refractivity contribution in [1.82, 2.24) is 25.5 Å². The summed E-state index contributed by atoms with van der Waals surface area (Å²) in [6.07, 6.45) is 0.647. The SMILES string of the molecule is NS(=O)(=O)c1cccc(-c2ccc(C3CCN(C(=O)O)CC3)cc2)c1-c1nn[nH]n1. The summed E-state index contributed by atoms with van der Waals surface area (Å²) in [5.74, 6) is 0.418. The number of nitrogens with zero attached hydrogens (tertiary/aromatic N) is 4. The van der Waals surface area contributed by atoms with Crippen molar-refractivity contribution in [2.45, 2.75) is 23.7 Å². The number of hydrogen-bond acceptors (Lipinski definition) is 6. The number of rotatable bonds is 4. The molecule has 0 aliphatic carbocycles. The minimum absolute atomic E-state index is 0.0773. The Morgan fingerprint density at radius 3 is 2.40 bits per heavy atom. The van der Waals surface area contributed by atoms with Gasteiger partial charge in [0.2, 0.25) is 15.8 Å². The Kier molecular flexibility index (Phi) is 5.22. The second-order valence-electron chi connectivity index (χ2n) is 7.13. The largest absolute Gasteiger partial charge is 0.465 e. The number of aromatic amines is 1. The number of H-pyrrole nitrogens is 1. The van der Waals surface area contributed by atoms with Gasteiger partial charge in [0.15, 0.2) is 0 Å². The van der Waals surface area contributed by atoms with Crippen LogP contribution in [0.15, 0.2) is 47.4 Å². The molecule has 11 heteroatoms. The second-order valence-corrected chi connectivity index (χ2v) is 8.65. The third kappa shape index (κ3) is 3.89. The van der Waals surface area contributed by atoms with Gasteiger partial charge in [-0.2, -0.15) is 5.21 Å². The molecule has 10 nitrogen and oxygen atoms in total. The third-order valence-electron chi connectivity index (χ3n) is 5.36. The van der Waals surface area contributed by atoms with Crippen molar-refractivity contribution in [1.29, 1.82) is 0 Å².